The number of carboxylic acid groups (broad SMARTS) is 1. The zero-order chi connectivity index (χ0) is 14.9. The standard InChI is InChI=1S/C17H23NO3/c19-16(20)15-7-2-1-5-13(15)11-18-10-9-17(21)8-4-3-6-14(17)12-18/h1-2,5,7,14,21H,3-4,6,8-12H2,(H,19,20). The normalized spacial score (nSPS) is 29.9. The number of carbonyl (C=O) groups is 1. The number of likely N-dealkylation sites (tertiary alicyclic amines) is 1. The monoisotopic (exact) mass is 289 g/mol. The Morgan fingerprint density at radius 1 is 1.29 bits per heavy atom. The van der Waals surface area contributed by atoms with E-state index in [2.05, 4.69) is 4.90 Å². The molecule has 0 spiro atoms. The Labute approximate surface area is 125 Å². The summed E-state index contributed by atoms with van der Waals surface area (Å²) in [5.74, 6) is -0.520. The molecule has 1 aliphatic carbocycles. The van der Waals surface area contributed by atoms with Crippen molar-refractivity contribution in [3.63, 3.8) is 0 Å². The maximum absolute atomic E-state index is 11.3. The van der Waals surface area contributed by atoms with Gasteiger partial charge in [0.15, 0.2) is 0 Å². The van der Waals surface area contributed by atoms with Crippen molar-refractivity contribution in [1.82, 2.24) is 4.90 Å². The van der Waals surface area contributed by atoms with Gasteiger partial charge in [-0.15, -0.1) is 0 Å². The molecule has 2 N–H and O–H groups in total. The summed E-state index contributed by atoms with van der Waals surface area (Å²) in [6, 6.07) is 7.22. The summed E-state index contributed by atoms with van der Waals surface area (Å²) in [4.78, 5) is 13.6. The van der Waals surface area contributed by atoms with Crippen LogP contribution >= 0.6 is 0 Å². The van der Waals surface area contributed by atoms with Crippen LogP contribution in [0.1, 0.15) is 48.0 Å². The molecule has 2 aliphatic rings. The number of rotatable bonds is 3. The van der Waals surface area contributed by atoms with E-state index < -0.39 is 11.6 Å². The third-order valence-corrected chi connectivity index (χ3v) is 5.15. The van der Waals surface area contributed by atoms with Gasteiger partial charge < -0.3 is 10.2 Å². The molecule has 1 aliphatic heterocycles. The second-order valence-corrected chi connectivity index (χ2v) is 6.49. The number of fused-ring (bicyclic) bond motifs is 1. The largest absolute Gasteiger partial charge is 0.478 e. The minimum atomic E-state index is -0.864. The summed E-state index contributed by atoms with van der Waals surface area (Å²) in [5.41, 5.74) is 0.786. The van der Waals surface area contributed by atoms with Gasteiger partial charge in [0.05, 0.1) is 11.2 Å². The number of carboxylic acids is 1. The number of aromatic carboxylic acids is 1. The van der Waals surface area contributed by atoms with Gasteiger partial charge in [0.25, 0.3) is 0 Å². The highest BCUT2D eigenvalue weighted by atomic mass is 16.4. The van der Waals surface area contributed by atoms with Crippen LogP contribution in [0.15, 0.2) is 24.3 Å². The predicted octanol–water partition coefficient (Wildman–Crippen LogP) is 2.51. The second-order valence-electron chi connectivity index (χ2n) is 6.49. The maximum Gasteiger partial charge on any atom is 0.336 e. The highest BCUT2D eigenvalue weighted by molar-refractivity contribution is 5.89. The molecule has 1 aromatic carbocycles. The van der Waals surface area contributed by atoms with Crippen LogP contribution in [0.25, 0.3) is 0 Å². The van der Waals surface area contributed by atoms with Gasteiger partial charge in [-0.2, -0.15) is 0 Å². The Bertz CT molecular complexity index is 531. The molecule has 2 unspecified atom stereocenters. The minimum absolute atomic E-state index is 0.344. The lowest BCUT2D eigenvalue weighted by Gasteiger charge is -2.47. The van der Waals surface area contributed by atoms with Crippen molar-refractivity contribution >= 4 is 5.97 Å². The van der Waals surface area contributed by atoms with Gasteiger partial charge in [-0.3, -0.25) is 4.90 Å². The lowest BCUT2D eigenvalue weighted by molar-refractivity contribution is -0.0968. The zero-order valence-electron chi connectivity index (χ0n) is 12.3. The average molecular weight is 289 g/mol. The van der Waals surface area contributed by atoms with Crippen molar-refractivity contribution in [3.8, 4) is 0 Å². The van der Waals surface area contributed by atoms with Gasteiger partial charge in [-0.05, 0) is 30.9 Å². The van der Waals surface area contributed by atoms with Gasteiger partial charge in [-0.25, -0.2) is 4.79 Å². The van der Waals surface area contributed by atoms with E-state index in [1.165, 1.54) is 6.42 Å². The van der Waals surface area contributed by atoms with Gasteiger partial charge in [-0.1, -0.05) is 31.0 Å². The van der Waals surface area contributed by atoms with Crippen LogP contribution in [0.4, 0.5) is 0 Å². The number of hydrogen-bond acceptors (Lipinski definition) is 3. The van der Waals surface area contributed by atoms with Gasteiger partial charge >= 0.3 is 5.97 Å². The number of benzene rings is 1. The van der Waals surface area contributed by atoms with Crippen LogP contribution in [0, 0.1) is 5.92 Å². The first-order valence-corrected chi connectivity index (χ1v) is 7.84. The molecular formula is C17H23NO3. The summed E-state index contributed by atoms with van der Waals surface area (Å²) in [7, 11) is 0. The summed E-state index contributed by atoms with van der Waals surface area (Å²) in [6.45, 7) is 2.39. The molecule has 1 heterocycles. The molecule has 21 heavy (non-hydrogen) atoms. The fourth-order valence-electron chi connectivity index (χ4n) is 3.89. The van der Waals surface area contributed by atoms with E-state index in [4.69, 9.17) is 0 Å². The van der Waals surface area contributed by atoms with Crippen LogP contribution in [-0.4, -0.2) is 39.8 Å². The SMILES string of the molecule is O=C(O)c1ccccc1CN1CCC2(O)CCCCC2C1. The number of nitrogens with zero attached hydrogens (tertiary/aromatic N) is 1. The predicted molar refractivity (Wildman–Crippen MR) is 80.2 cm³/mol. The van der Waals surface area contributed by atoms with Crippen LogP contribution in [0.3, 0.4) is 0 Å². The fourth-order valence-corrected chi connectivity index (χ4v) is 3.89. The lowest BCUT2D eigenvalue weighted by atomic mass is 9.71. The van der Waals surface area contributed by atoms with Gasteiger partial charge in [0, 0.05) is 25.6 Å². The number of piperidine rings is 1. The van der Waals surface area contributed by atoms with E-state index in [0.717, 1.165) is 44.3 Å². The molecule has 1 saturated carbocycles. The van der Waals surface area contributed by atoms with Crippen LogP contribution in [-0.2, 0) is 6.54 Å². The Kier molecular flexibility index (Phi) is 4.00. The van der Waals surface area contributed by atoms with Crippen molar-refractivity contribution in [1.29, 1.82) is 0 Å². The van der Waals surface area contributed by atoms with Crippen LogP contribution < -0.4 is 0 Å². The molecule has 0 radical (unpaired) electrons. The third-order valence-electron chi connectivity index (χ3n) is 5.15. The van der Waals surface area contributed by atoms with E-state index >= 15 is 0 Å². The van der Waals surface area contributed by atoms with Crippen molar-refractivity contribution in [3.05, 3.63) is 35.4 Å². The Morgan fingerprint density at radius 2 is 2.10 bits per heavy atom. The maximum atomic E-state index is 11.3. The smallest absolute Gasteiger partial charge is 0.336 e. The van der Waals surface area contributed by atoms with E-state index in [1.54, 1.807) is 12.1 Å². The molecule has 2 atom stereocenters. The van der Waals surface area contributed by atoms with E-state index in [0.29, 0.717) is 18.0 Å². The molecule has 0 bridgehead atoms. The molecule has 114 valence electrons. The summed E-state index contributed by atoms with van der Waals surface area (Å²) in [6.07, 6.45) is 5.17. The number of hydrogen-bond donors (Lipinski definition) is 2. The number of aliphatic hydroxyl groups is 1. The van der Waals surface area contributed by atoms with E-state index in [9.17, 15) is 15.0 Å². The molecule has 1 aromatic rings. The second kappa shape index (κ2) is 5.78. The molecule has 4 heteroatoms. The topological polar surface area (TPSA) is 60.8 Å². The summed E-state index contributed by atoms with van der Waals surface area (Å²) < 4.78 is 0. The molecule has 0 amide bonds. The first-order chi connectivity index (χ1) is 10.1. The Balaban J connectivity index is 1.71. The van der Waals surface area contributed by atoms with Crippen LogP contribution in [0.5, 0.6) is 0 Å². The zero-order valence-corrected chi connectivity index (χ0v) is 12.3. The molecule has 2 fully saturated rings. The molecular weight excluding hydrogens is 266 g/mol. The lowest BCUT2D eigenvalue weighted by Crippen LogP contribution is -2.53. The fraction of sp³-hybridized carbons (Fsp3) is 0.588. The quantitative estimate of drug-likeness (QED) is 0.897. The van der Waals surface area contributed by atoms with Gasteiger partial charge in [0.2, 0.25) is 0 Å². The Morgan fingerprint density at radius 3 is 2.90 bits per heavy atom. The highest BCUT2D eigenvalue weighted by Gasteiger charge is 2.42. The minimum Gasteiger partial charge on any atom is -0.478 e. The molecule has 0 aromatic heterocycles. The highest BCUT2D eigenvalue weighted by Crippen LogP contribution is 2.40. The Hall–Kier alpha value is -1.39. The van der Waals surface area contributed by atoms with Crippen LogP contribution in [0.2, 0.25) is 0 Å². The first-order valence-electron chi connectivity index (χ1n) is 7.84. The third kappa shape index (κ3) is 2.97. The van der Waals surface area contributed by atoms with Gasteiger partial charge in [0.1, 0.15) is 0 Å². The summed E-state index contributed by atoms with van der Waals surface area (Å²) >= 11 is 0. The van der Waals surface area contributed by atoms with E-state index in [1.807, 2.05) is 12.1 Å². The molecule has 4 nitrogen and oxygen atoms in total. The summed E-state index contributed by atoms with van der Waals surface area (Å²) in [5, 5.41) is 20.0. The van der Waals surface area contributed by atoms with Crippen molar-refractivity contribution in [2.75, 3.05) is 13.1 Å². The average Bonchev–Trinajstić information content (AvgIpc) is 2.48. The van der Waals surface area contributed by atoms with Crippen molar-refractivity contribution in [2.45, 2.75) is 44.2 Å². The van der Waals surface area contributed by atoms with E-state index in [-0.39, 0.29) is 0 Å². The van der Waals surface area contributed by atoms with Crippen molar-refractivity contribution in [2.24, 2.45) is 5.92 Å². The molecule has 1 saturated heterocycles. The van der Waals surface area contributed by atoms with Crippen molar-refractivity contribution < 1.29 is 15.0 Å². The molecule has 3 rings (SSSR count). The first kappa shape index (κ1) is 14.5.